The Morgan fingerprint density at radius 3 is 2.52 bits per heavy atom. The van der Waals surface area contributed by atoms with Crippen LogP contribution in [0.4, 0.5) is 0 Å². The SMILES string of the molecule is Cc1oc(C)c(S(N)(=O)=O)c1C(=O)N[C@H](C)c1cccc(Cl)c1. The molecule has 23 heavy (non-hydrogen) atoms. The molecule has 8 heteroatoms. The lowest BCUT2D eigenvalue weighted by Gasteiger charge is -2.15. The Hall–Kier alpha value is -1.83. The zero-order valence-electron chi connectivity index (χ0n) is 12.9. The van der Waals surface area contributed by atoms with Crippen molar-refractivity contribution in [3.05, 3.63) is 51.9 Å². The minimum absolute atomic E-state index is 0.0705. The molecule has 6 nitrogen and oxygen atoms in total. The lowest BCUT2D eigenvalue weighted by Crippen LogP contribution is -2.29. The van der Waals surface area contributed by atoms with E-state index in [1.165, 1.54) is 13.8 Å². The molecule has 0 unspecified atom stereocenters. The van der Waals surface area contributed by atoms with Crippen LogP contribution in [0.15, 0.2) is 33.6 Å². The van der Waals surface area contributed by atoms with Crippen molar-refractivity contribution in [1.82, 2.24) is 5.32 Å². The number of furan rings is 1. The van der Waals surface area contributed by atoms with E-state index in [2.05, 4.69) is 5.32 Å². The first-order valence-electron chi connectivity index (χ1n) is 6.80. The third-order valence-electron chi connectivity index (χ3n) is 3.41. The molecule has 1 aromatic carbocycles. The maximum Gasteiger partial charge on any atom is 0.256 e. The van der Waals surface area contributed by atoms with Gasteiger partial charge >= 0.3 is 0 Å². The Balaban J connectivity index is 2.35. The summed E-state index contributed by atoms with van der Waals surface area (Å²) in [4.78, 5) is 12.2. The summed E-state index contributed by atoms with van der Waals surface area (Å²) in [6.45, 7) is 4.73. The predicted octanol–water partition coefficient (Wildman–Crippen LogP) is 2.69. The number of amides is 1. The second-order valence-corrected chi connectivity index (χ2v) is 7.15. The monoisotopic (exact) mass is 356 g/mol. The third kappa shape index (κ3) is 3.74. The van der Waals surface area contributed by atoms with Crippen LogP contribution >= 0.6 is 11.6 Å². The zero-order chi connectivity index (χ0) is 17.4. The standard InChI is InChI=1S/C15H17ClN2O4S/c1-8(11-5-4-6-12(16)7-11)18-15(19)13-9(2)22-10(3)14(13)23(17,20)21/h4-8H,1-3H3,(H,18,19)(H2,17,20,21)/t8-/m1/s1. The minimum atomic E-state index is -4.07. The van der Waals surface area contributed by atoms with E-state index < -0.39 is 15.9 Å². The zero-order valence-corrected chi connectivity index (χ0v) is 14.5. The fraction of sp³-hybridized carbons (Fsp3) is 0.267. The van der Waals surface area contributed by atoms with Crippen molar-refractivity contribution in [2.75, 3.05) is 0 Å². The van der Waals surface area contributed by atoms with Crippen LogP contribution in [-0.2, 0) is 10.0 Å². The maximum atomic E-state index is 12.5. The van der Waals surface area contributed by atoms with Crippen LogP contribution in [0.2, 0.25) is 5.02 Å². The summed E-state index contributed by atoms with van der Waals surface area (Å²) < 4.78 is 28.7. The number of hydrogen-bond donors (Lipinski definition) is 2. The second kappa shape index (κ2) is 6.35. The van der Waals surface area contributed by atoms with Gasteiger partial charge in [-0.25, -0.2) is 13.6 Å². The lowest BCUT2D eigenvalue weighted by molar-refractivity contribution is 0.0935. The molecule has 1 heterocycles. The smallest absolute Gasteiger partial charge is 0.256 e. The van der Waals surface area contributed by atoms with E-state index in [9.17, 15) is 13.2 Å². The average molecular weight is 357 g/mol. The highest BCUT2D eigenvalue weighted by Gasteiger charge is 2.29. The largest absolute Gasteiger partial charge is 0.464 e. The topological polar surface area (TPSA) is 102 Å². The van der Waals surface area contributed by atoms with Gasteiger partial charge in [-0.2, -0.15) is 0 Å². The van der Waals surface area contributed by atoms with Crippen molar-refractivity contribution < 1.29 is 17.6 Å². The summed E-state index contributed by atoms with van der Waals surface area (Å²) in [5.74, 6) is -0.288. The number of carbonyl (C=O) groups is 1. The van der Waals surface area contributed by atoms with E-state index in [4.69, 9.17) is 21.2 Å². The summed E-state index contributed by atoms with van der Waals surface area (Å²) in [7, 11) is -4.07. The van der Waals surface area contributed by atoms with E-state index in [0.29, 0.717) is 5.02 Å². The number of nitrogens with one attached hydrogen (secondary N) is 1. The predicted molar refractivity (Wildman–Crippen MR) is 86.9 cm³/mol. The molecule has 0 saturated heterocycles. The number of rotatable bonds is 4. The van der Waals surface area contributed by atoms with Gasteiger partial charge in [0.25, 0.3) is 5.91 Å². The summed E-state index contributed by atoms with van der Waals surface area (Å²) >= 11 is 5.93. The van der Waals surface area contributed by atoms with E-state index in [-0.39, 0.29) is 28.0 Å². The molecule has 0 aliphatic rings. The molecule has 0 aliphatic carbocycles. The number of carbonyl (C=O) groups excluding carboxylic acids is 1. The van der Waals surface area contributed by atoms with Gasteiger partial charge in [-0.15, -0.1) is 0 Å². The van der Waals surface area contributed by atoms with Gasteiger partial charge in [0, 0.05) is 5.02 Å². The van der Waals surface area contributed by atoms with Crippen molar-refractivity contribution in [3.8, 4) is 0 Å². The molecule has 0 saturated carbocycles. The van der Waals surface area contributed by atoms with Crippen molar-refractivity contribution in [3.63, 3.8) is 0 Å². The van der Waals surface area contributed by atoms with Crippen molar-refractivity contribution >= 4 is 27.5 Å². The first-order chi connectivity index (χ1) is 10.6. The van der Waals surface area contributed by atoms with Crippen molar-refractivity contribution in [2.45, 2.75) is 31.7 Å². The van der Waals surface area contributed by atoms with Crippen LogP contribution in [0.5, 0.6) is 0 Å². The number of benzene rings is 1. The molecule has 124 valence electrons. The Bertz CT molecular complexity index is 858. The highest BCUT2D eigenvalue weighted by molar-refractivity contribution is 7.89. The number of sulfonamides is 1. The van der Waals surface area contributed by atoms with Gasteiger partial charge in [-0.3, -0.25) is 4.79 Å². The highest BCUT2D eigenvalue weighted by atomic mass is 35.5. The first-order valence-corrected chi connectivity index (χ1v) is 8.72. The molecule has 0 aliphatic heterocycles. The number of hydrogen-bond acceptors (Lipinski definition) is 4. The Morgan fingerprint density at radius 1 is 1.30 bits per heavy atom. The molecule has 1 amide bonds. The van der Waals surface area contributed by atoms with Gasteiger partial charge < -0.3 is 9.73 Å². The quantitative estimate of drug-likeness (QED) is 0.878. The molecule has 1 aromatic heterocycles. The normalized spacial score (nSPS) is 12.9. The van der Waals surface area contributed by atoms with Crippen LogP contribution in [-0.4, -0.2) is 14.3 Å². The van der Waals surface area contributed by atoms with Crippen LogP contribution < -0.4 is 10.5 Å². The minimum Gasteiger partial charge on any atom is -0.464 e. The van der Waals surface area contributed by atoms with Crippen molar-refractivity contribution in [1.29, 1.82) is 0 Å². The van der Waals surface area contributed by atoms with Crippen LogP contribution in [0.3, 0.4) is 0 Å². The second-order valence-electron chi connectivity index (χ2n) is 5.21. The molecular formula is C15H17ClN2O4S. The van der Waals surface area contributed by atoms with Gasteiger partial charge in [0.15, 0.2) is 0 Å². The average Bonchev–Trinajstić information content (AvgIpc) is 2.73. The summed E-state index contributed by atoms with van der Waals surface area (Å²) in [6.07, 6.45) is 0. The van der Waals surface area contributed by atoms with E-state index >= 15 is 0 Å². The molecule has 0 fully saturated rings. The first kappa shape index (κ1) is 17.5. The highest BCUT2D eigenvalue weighted by Crippen LogP contribution is 2.26. The van der Waals surface area contributed by atoms with Gasteiger partial charge in [0.1, 0.15) is 22.0 Å². The Labute approximate surface area is 139 Å². The number of nitrogens with two attached hydrogens (primary N) is 1. The fourth-order valence-corrected chi connectivity index (χ4v) is 3.56. The van der Waals surface area contributed by atoms with E-state index in [1.54, 1.807) is 25.1 Å². The molecule has 0 radical (unpaired) electrons. The molecule has 0 spiro atoms. The molecule has 1 atom stereocenters. The number of halogens is 1. The molecule has 2 aromatic rings. The lowest BCUT2D eigenvalue weighted by atomic mass is 10.1. The molecular weight excluding hydrogens is 340 g/mol. The van der Waals surface area contributed by atoms with Gasteiger partial charge in [-0.05, 0) is 38.5 Å². The molecule has 3 N–H and O–H groups in total. The van der Waals surface area contributed by atoms with Gasteiger partial charge in [-0.1, -0.05) is 23.7 Å². The van der Waals surface area contributed by atoms with Crippen LogP contribution in [0.1, 0.15) is 40.4 Å². The van der Waals surface area contributed by atoms with E-state index in [0.717, 1.165) is 5.56 Å². The Morgan fingerprint density at radius 2 is 1.96 bits per heavy atom. The fourth-order valence-electron chi connectivity index (χ4n) is 2.40. The van der Waals surface area contributed by atoms with Gasteiger partial charge in [0.2, 0.25) is 10.0 Å². The maximum absolute atomic E-state index is 12.5. The van der Waals surface area contributed by atoms with Crippen molar-refractivity contribution in [2.24, 2.45) is 5.14 Å². The Kier molecular flexibility index (Phi) is 4.84. The third-order valence-corrected chi connectivity index (χ3v) is 4.71. The van der Waals surface area contributed by atoms with Crippen LogP contribution in [0.25, 0.3) is 0 Å². The summed E-state index contributed by atoms with van der Waals surface area (Å²) in [5.41, 5.74) is 0.722. The molecule has 0 bridgehead atoms. The van der Waals surface area contributed by atoms with Crippen LogP contribution in [0, 0.1) is 13.8 Å². The molecule has 2 rings (SSSR count). The summed E-state index contributed by atoms with van der Waals surface area (Å²) in [5, 5.41) is 8.46. The summed E-state index contributed by atoms with van der Waals surface area (Å²) in [6, 6.07) is 6.65. The van der Waals surface area contributed by atoms with Gasteiger partial charge in [0.05, 0.1) is 6.04 Å². The van der Waals surface area contributed by atoms with E-state index in [1.807, 2.05) is 6.07 Å². The number of primary sulfonamides is 1. The number of aryl methyl sites for hydroxylation is 2.